The molecule has 0 unspecified atom stereocenters. The van der Waals surface area contributed by atoms with E-state index in [4.69, 9.17) is 5.21 Å². The summed E-state index contributed by atoms with van der Waals surface area (Å²) in [6.45, 7) is 0. The lowest BCUT2D eigenvalue weighted by atomic mass is 10.3. The van der Waals surface area contributed by atoms with E-state index in [-0.39, 0.29) is 10.9 Å². The third kappa shape index (κ3) is 2.50. The van der Waals surface area contributed by atoms with Crippen molar-refractivity contribution in [1.82, 2.24) is 4.98 Å². The van der Waals surface area contributed by atoms with Crippen molar-refractivity contribution in [2.24, 2.45) is 0 Å². The first kappa shape index (κ1) is 11.9. The van der Waals surface area contributed by atoms with Gasteiger partial charge in [-0.1, -0.05) is 23.5 Å². The van der Waals surface area contributed by atoms with E-state index in [1.807, 2.05) is 24.3 Å². The van der Waals surface area contributed by atoms with Crippen LogP contribution in [-0.4, -0.2) is 10.2 Å². The first-order valence-electron chi connectivity index (χ1n) is 5.61. The van der Waals surface area contributed by atoms with Gasteiger partial charge in [-0.25, -0.2) is 4.98 Å². The van der Waals surface area contributed by atoms with E-state index >= 15 is 0 Å². The molecule has 0 aliphatic rings. The zero-order chi connectivity index (χ0) is 13.2. The molecule has 0 spiro atoms. The van der Waals surface area contributed by atoms with Gasteiger partial charge in [0.2, 0.25) is 0 Å². The monoisotopic (exact) mass is 272 g/mol. The molecule has 0 saturated carbocycles. The number of thiazole rings is 1. The summed E-state index contributed by atoms with van der Waals surface area (Å²) in [6, 6.07) is 14.4. The lowest BCUT2D eigenvalue weighted by Gasteiger charge is -2.21. The van der Waals surface area contributed by atoms with Gasteiger partial charge >= 0.3 is 0 Å². The van der Waals surface area contributed by atoms with Gasteiger partial charge in [0.1, 0.15) is 0 Å². The highest BCUT2D eigenvalue weighted by Crippen LogP contribution is 2.28. The van der Waals surface area contributed by atoms with Crippen molar-refractivity contribution >= 4 is 38.1 Å². The minimum atomic E-state index is -0.165. The molecule has 0 saturated heterocycles. The second-order valence-electron chi connectivity index (χ2n) is 3.93. The molecule has 6 heteroatoms. The van der Waals surface area contributed by atoms with Crippen LogP contribution in [0.4, 0.5) is 16.5 Å². The summed E-state index contributed by atoms with van der Waals surface area (Å²) >= 11 is 1.56. The normalized spacial score (nSPS) is 10.6. The van der Waals surface area contributed by atoms with Crippen molar-refractivity contribution in [3.05, 3.63) is 53.7 Å². The Balaban J connectivity index is 1.84. The van der Waals surface area contributed by atoms with Crippen LogP contribution in [0.2, 0.25) is 0 Å². The number of nitrogens with zero attached hydrogens (tertiary/aromatic N) is 2. The Morgan fingerprint density at radius 3 is 2.53 bits per heavy atom. The van der Waals surface area contributed by atoms with Crippen LogP contribution in [0.15, 0.2) is 48.5 Å². The second kappa shape index (κ2) is 4.85. The second-order valence-corrected chi connectivity index (χ2v) is 4.96. The van der Waals surface area contributed by atoms with E-state index in [2.05, 4.69) is 10.3 Å². The quantitative estimate of drug-likeness (QED) is 0.711. The number of anilines is 3. The highest BCUT2D eigenvalue weighted by molar-refractivity contribution is 7.22. The number of fused-ring (bicyclic) bond motifs is 1. The average molecular weight is 272 g/mol. The number of rotatable bonds is 3. The number of hydrogen-bond donors (Lipinski definition) is 2. The van der Waals surface area contributed by atoms with Crippen molar-refractivity contribution in [2.45, 2.75) is 0 Å². The van der Waals surface area contributed by atoms with E-state index in [9.17, 15) is 5.21 Å². The molecular weight excluding hydrogens is 262 g/mol. The molecule has 0 fully saturated rings. The highest BCUT2D eigenvalue weighted by Gasteiger charge is 2.03. The van der Waals surface area contributed by atoms with Crippen molar-refractivity contribution in [1.29, 1.82) is 0 Å². The topological polar surface area (TPSA) is 71.5 Å². The Morgan fingerprint density at radius 1 is 1.11 bits per heavy atom. The molecule has 0 bridgehead atoms. The van der Waals surface area contributed by atoms with Crippen molar-refractivity contribution in [2.75, 3.05) is 10.5 Å². The van der Waals surface area contributed by atoms with Gasteiger partial charge in [-0.2, -0.15) is 0 Å². The third-order valence-electron chi connectivity index (χ3n) is 2.63. The maximum atomic E-state index is 10.7. The molecule has 1 aromatic heterocycles. The number of nitrogens with one attached hydrogen (secondary N) is 1. The van der Waals surface area contributed by atoms with E-state index in [0.717, 1.165) is 21.0 Å². The van der Waals surface area contributed by atoms with Crippen LogP contribution in [0.5, 0.6) is 0 Å². The molecular formula is C13H10N3O2S-. The molecule has 0 amide bonds. The van der Waals surface area contributed by atoms with Gasteiger partial charge in [-0.05, 0) is 36.4 Å². The predicted octanol–water partition coefficient (Wildman–Crippen LogP) is 3.73. The van der Waals surface area contributed by atoms with Crippen LogP contribution in [-0.2, 0) is 0 Å². The van der Waals surface area contributed by atoms with Gasteiger partial charge in [0.05, 0.1) is 15.9 Å². The zero-order valence-electron chi connectivity index (χ0n) is 9.78. The highest BCUT2D eigenvalue weighted by atomic mass is 32.1. The Labute approximate surface area is 113 Å². The summed E-state index contributed by atoms with van der Waals surface area (Å²) in [4.78, 5) is 4.45. The van der Waals surface area contributed by atoms with Gasteiger partial charge in [0.15, 0.2) is 5.13 Å². The fraction of sp³-hybridized carbons (Fsp3) is 0. The fourth-order valence-electron chi connectivity index (χ4n) is 1.72. The average Bonchev–Trinajstić information content (AvgIpc) is 2.81. The molecule has 0 radical (unpaired) electrons. The zero-order valence-corrected chi connectivity index (χ0v) is 10.6. The Hall–Kier alpha value is -2.15. The van der Waals surface area contributed by atoms with Crippen molar-refractivity contribution < 1.29 is 5.21 Å². The molecule has 0 atom stereocenters. The van der Waals surface area contributed by atoms with E-state index in [1.54, 1.807) is 23.5 Å². The minimum Gasteiger partial charge on any atom is -0.733 e. The van der Waals surface area contributed by atoms with Gasteiger partial charge < -0.3 is 15.8 Å². The maximum Gasteiger partial charge on any atom is 0.188 e. The standard InChI is InChI=1S/C13H10N3O2S/c17-16(18)10-7-5-9(6-8-10)14-13-15-11-3-1-2-4-12(11)19-13/h1-8,17H,(H,14,15)/q-1. The molecule has 3 aromatic rings. The molecule has 1 heterocycles. The number of aromatic nitrogens is 1. The van der Waals surface area contributed by atoms with E-state index < -0.39 is 0 Å². The molecule has 0 aliphatic carbocycles. The molecule has 0 aliphatic heterocycles. The number of hydrogen-bond acceptors (Lipinski definition) is 6. The lowest BCUT2D eigenvalue weighted by molar-refractivity contribution is 0.296. The Morgan fingerprint density at radius 2 is 1.84 bits per heavy atom. The lowest BCUT2D eigenvalue weighted by Crippen LogP contribution is -2.06. The summed E-state index contributed by atoms with van der Waals surface area (Å²) in [6.07, 6.45) is 0. The third-order valence-corrected chi connectivity index (χ3v) is 3.59. The van der Waals surface area contributed by atoms with Crippen LogP contribution in [0.25, 0.3) is 10.2 Å². The summed E-state index contributed by atoms with van der Waals surface area (Å²) in [5, 5.41) is 23.2. The molecule has 2 N–H and O–H groups in total. The maximum absolute atomic E-state index is 10.7. The summed E-state index contributed by atoms with van der Waals surface area (Å²) in [5.41, 5.74) is 1.95. The first-order valence-corrected chi connectivity index (χ1v) is 6.43. The van der Waals surface area contributed by atoms with Crippen LogP contribution in [0, 0.1) is 5.21 Å². The SMILES string of the molecule is [O-]N(O)c1ccc(Nc2nc3ccccc3s2)cc1. The Kier molecular flexibility index (Phi) is 3.04. The molecule has 19 heavy (non-hydrogen) atoms. The Bertz CT molecular complexity index is 661. The first-order chi connectivity index (χ1) is 9.22. The van der Waals surface area contributed by atoms with Crippen molar-refractivity contribution in [3.8, 4) is 0 Å². The van der Waals surface area contributed by atoms with Gasteiger partial charge in [0.25, 0.3) is 0 Å². The molecule has 96 valence electrons. The van der Waals surface area contributed by atoms with Gasteiger partial charge in [0, 0.05) is 5.69 Å². The van der Waals surface area contributed by atoms with Crippen LogP contribution >= 0.6 is 11.3 Å². The fourth-order valence-corrected chi connectivity index (χ4v) is 2.61. The number of para-hydroxylation sites is 1. The van der Waals surface area contributed by atoms with Crippen LogP contribution < -0.4 is 10.5 Å². The number of benzene rings is 2. The predicted molar refractivity (Wildman–Crippen MR) is 77.0 cm³/mol. The summed E-state index contributed by atoms with van der Waals surface area (Å²) in [5.74, 6) is 0. The van der Waals surface area contributed by atoms with Crippen molar-refractivity contribution in [3.63, 3.8) is 0 Å². The molecule has 2 aromatic carbocycles. The van der Waals surface area contributed by atoms with Gasteiger partial charge in [-0.3, -0.25) is 5.21 Å². The van der Waals surface area contributed by atoms with E-state index in [1.165, 1.54) is 12.1 Å². The summed E-state index contributed by atoms with van der Waals surface area (Å²) < 4.78 is 1.11. The molecule has 5 nitrogen and oxygen atoms in total. The van der Waals surface area contributed by atoms with Crippen LogP contribution in [0.1, 0.15) is 0 Å². The summed E-state index contributed by atoms with van der Waals surface area (Å²) in [7, 11) is 0. The van der Waals surface area contributed by atoms with Crippen LogP contribution in [0.3, 0.4) is 0 Å². The smallest absolute Gasteiger partial charge is 0.188 e. The minimum absolute atomic E-state index is 0.165. The van der Waals surface area contributed by atoms with Gasteiger partial charge in [-0.15, -0.1) is 0 Å². The molecule has 3 rings (SSSR count). The van der Waals surface area contributed by atoms with E-state index in [0.29, 0.717) is 0 Å². The largest absolute Gasteiger partial charge is 0.733 e.